The van der Waals surface area contributed by atoms with Crippen molar-refractivity contribution in [2.45, 2.75) is 31.2 Å². The summed E-state index contributed by atoms with van der Waals surface area (Å²) in [7, 11) is 0. The van der Waals surface area contributed by atoms with Gasteiger partial charge in [0.15, 0.2) is 0 Å². The van der Waals surface area contributed by atoms with Gasteiger partial charge in [0, 0.05) is 0 Å². The Kier molecular flexibility index (Phi) is 2.44. The van der Waals surface area contributed by atoms with Gasteiger partial charge in [-0.1, -0.05) is 24.3 Å². The third-order valence-corrected chi connectivity index (χ3v) is 4.00. The molecule has 0 aliphatic heterocycles. The fraction of sp³-hybridized carbons (Fsp3) is 0.500. The quantitative estimate of drug-likeness (QED) is 0.832. The van der Waals surface area contributed by atoms with Crippen LogP contribution in [0.5, 0.6) is 0 Å². The molecule has 1 saturated carbocycles. The predicted molar refractivity (Wildman–Crippen MR) is 64.8 cm³/mol. The second-order valence-corrected chi connectivity index (χ2v) is 5.19. The second kappa shape index (κ2) is 3.84. The summed E-state index contributed by atoms with van der Waals surface area (Å²) in [5, 5.41) is 12.9. The Hall–Kier alpha value is -1.35. The Bertz CT molecular complexity index is 453. The molecule has 1 fully saturated rings. The zero-order chi connectivity index (χ0) is 11.9. The molecule has 1 aromatic rings. The molecule has 3 nitrogen and oxygen atoms in total. The summed E-state index contributed by atoms with van der Waals surface area (Å²) < 4.78 is 0. The lowest BCUT2D eigenvalue weighted by Crippen LogP contribution is -2.48. The van der Waals surface area contributed by atoms with Crippen molar-refractivity contribution in [2.75, 3.05) is 6.54 Å². The largest absolute Gasteiger partial charge is 0.480 e. The van der Waals surface area contributed by atoms with E-state index in [2.05, 4.69) is 5.32 Å². The van der Waals surface area contributed by atoms with Gasteiger partial charge in [0.25, 0.3) is 0 Å². The van der Waals surface area contributed by atoms with E-state index in [0.29, 0.717) is 12.3 Å². The number of hydrogen-bond donors (Lipinski definition) is 2. The summed E-state index contributed by atoms with van der Waals surface area (Å²) in [6.45, 7) is 0.834. The van der Waals surface area contributed by atoms with E-state index in [1.165, 1.54) is 18.4 Å². The molecule has 0 aromatic heterocycles. The van der Waals surface area contributed by atoms with Gasteiger partial charge in [-0.25, -0.2) is 4.79 Å². The Balaban J connectivity index is 1.92. The molecule has 2 aliphatic rings. The first-order valence-corrected chi connectivity index (χ1v) is 6.29. The Morgan fingerprint density at radius 2 is 2.18 bits per heavy atom. The van der Waals surface area contributed by atoms with Crippen LogP contribution in [0.1, 0.15) is 30.4 Å². The smallest absolute Gasteiger partial charge is 0.328 e. The van der Waals surface area contributed by atoms with Gasteiger partial charge in [0.1, 0.15) is 5.54 Å². The number of carboxylic acids is 1. The number of carboxylic acid groups (broad SMARTS) is 1. The SMILES string of the molecule is O=C(O)C1(NCC2CC2)CCc2ccccc21. The van der Waals surface area contributed by atoms with E-state index in [0.717, 1.165) is 18.5 Å². The molecule has 3 heteroatoms. The molecule has 17 heavy (non-hydrogen) atoms. The van der Waals surface area contributed by atoms with Crippen LogP contribution in [0.2, 0.25) is 0 Å². The first-order valence-electron chi connectivity index (χ1n) is 6.29. The third-order valence-electron chi connectivity index (χ3n) is 4.00. The number of fused-ring (bicyclic) bond motifs is 1. The Morgan fingerprint density at radius 1 is 1.41 bits per heavy atom. The lowest BCUT2D eigenvalue weighted by atomic mass is 9.91. The van der Waals surface area contributed by atoms with Gasteiger partial charge in [-0.15, -0.1) is 0 Å². The minimum Gasteiger partial charge on any atom is -0.480 e. The summed E-state index contributed by atoms with van der Waals surface area (Å²) in [5.74, 6) is -0.0397. The number of nitrogens with one attached hydrogen (secondary N) is 1. The highest BCUT2D eigenvalue weighted by molar-refractivity contribution is 5.82. The standard InChI is InChI=1S/C14H17NO2/c16-13(17)14(15-9-10-5-6-10)8-7-11-3-1-2-4-12(11)14/h1-4,10,15H,5-9H2,(H,16,17). The number of aryl methyl sites for hydroxylation is 1. The van der Waals surface area contributed by atoms with Gasteiger partial charge in [0.2, 0.25) is 0 Å². The fourth-order valence-electron chi connectivity index (χ4n) is 2.73. The van der Waals surface area contributed by atoms with E-state index in [1.807, 2.05) is 24.3 Å². The highest BCUT2D eigenvalue weighted by atomic mass is 16.4. The van der Waals surface area contributed by atoms with Crippen molar-refractivity contribution in [3.8, 4) is 0 Å². The summed E-state index contributed by atoms with van der Waals surface area (Å²) in [6.07, 6.45) is 4.02. The van der Waals surface area contributed by atoms with Crippen molar-refractivity contribution >= 4 is 5.97 Å². The molecule has 1 atom stereocenters. The van der Waals surface area contributed by atoms with Crippen molar-refractivity contribution < 1.29 is 9.90 Å². The lowest BCUT2D eigenvalue weighted by molar-refractivity contribution is -0.145. The molecule has 3 rings (SSSR count). The van der Waals surface area contributed by atoms with Crippen LogP contribution in [0, 0.1) is 5.92 Å². The van der Waals surface area contributed by atoms with Crippen LogP contribution < -0.4 is 5.32 Å². The molecular weight excluding hydrogens is 214 g/mol. The zero-order valence-electron chi connectivity index (χ0n) is 9.78. The first-order chi connectivity index (χ1) is 8.22. The Morgan fingerprint density at radius 3 is 2.88 bits per heavy atom. The van der Waals surface area contributed by atoms with Crippen molar-refractivity contribution in [3.05, 3.63) is 35.4 Å². The van der Waals surface area contributed by atoms with E-state index in [1.54, 1.807) is 0 Å². The molecule has 0 bridgehead atoms. The van der Waals surface area contributed by atoms with Crippen molar-refractivity contribution in [3.63, 3.8) is 0 Å². The van der Waals surface area contributed by atoms with E-state index in [9.17, 15) is 9.90 Å². The van der Waals surface area contributed by atoms with Crippen LogP contribution >= 0.6 is 0 Å². The van der Waals surface area contributed by atoms with Crippen LogP contribution in [-0.4, -0.2) is 17.6 Å². The van der Waals surface area contributed by atoms with Gasteiger partial charge in [-0.2, -0.15) is 0 Å². The van der Waals surface area contributed by atoms with E-state index < -0.39 is 11.5 Å². The van der Waals surface area contributed by atoms with Gasteiger partial charge < -0.3 is 5.11 Å². The average Bonchev–Trinajstić information content (AvgIpc) is 3.08. The fourth-order valence-corrected chi connectivity index (χ4v) is 2.73. The minimum absolute atomic E-state index is 0.675. The summed E-state index contributed by atoms with van der Waals surface area (Å²) in [4.78, 5) is 11.7. The summed E-state index contributed by atoms with van der Waals surface area (Å²) >= 11 is 0. The van der Waals surface area contributed by atoms with Crippen LogP contribution in [0.4, 0.5) is 0 Å². The van der Waals surface area contributed by atoms with Gasteiger partial charge in [-0.3, -0.25) is 5.32 Å². The molecule has 0 heterocycles. The summed E-state index contributed by atoms with van der Waals surface area (Å²) in [6, 6.07) is 7.91. The average molecular weight is 231 g/mol. The Labute approximate surface area is 101 Å². The van der Waals surface area contributed by atoms with E-state index in [4.69, 9.17) is 0 Å². The number of aliphatic carboxylic acids is 1. The predicted octanol–water partition coefficient (Wildman–Crippen LogP) is 1.91. The van der Waals surface area contributed by atoms with E-state index in [-0.39, 0.29) is 0 Å². The van der Waals surface area contributed by atoms with Gasteiger partial charge in [-0.05, 0) is 49.3 Å². The van der Waals surface area contributed by atoms with Crippen LogP contribution in [0.15, 0.2) is 24.3 Å². The molecule has 0 radical (unpaired) electrons. The molecule has 0 spiro atoms. The monoisotopic (exact) mass is 231 g/mol. The highest BCUT2D eigenvalue weighted by Gasteiger charge is 2.45. The maximum atomic E-state index is 11.7. The topological polar surface area (TPSA) is 49.3 Å². The van der Waals surface area contributed by atoms with Crippen molar-refractivity contribution in [1.29, 1.82) is 0 Å². The van der Waals surface area contributed by atoms with Crippen LogP contribution in [0.25, 0.3) is 0 Å². The van der Waals surface area contributed by atoms with Crippen LogP contribution in [-0.2, 0) is 16.8 Å². The third kappa shape index (κ3) is 1.75. The summed E-state index contributed by atoms with van der Waals surface area (Å²) in [5.41, 5.74) is 1.31. The zero-order valence-corrected chi connectivity index (χ0v) is 9.78. The van der Waals surface area contributed by atoms with Gasteiger partial charge >= 0.3 is 5.97 Å². The van der Waals surface area contributed by atoms with E-state index >= 15 is 0 Å². The number of benzene rings is 1. The van der Waals surface area contributed by atoms with Crippen molar-refractivity contribution in [2.24, 2.45) is 5.92 Å². The van der Waals surface area contributed by atoms with Gasteiger partial charge in [0.05, 0.1) is 0 Å². The molecule has 1 unspecified atom stereocenters. The number of hydrogen-bond acceptors (Lipinski definition) is 2. The molecule has 0 saturated heterocycles. The number of rotatable bonds is 4. The first kappa shape index (κ1) is 10.8. The van der Waals surface area contributed by atoms with Crippen molar-refractivity contribution in [1.82, 2.24) is 5.32 Å². The molecule has 1 aromatic carbocycles. The maximum absolute atomic E-state index is 11.7. The maximum Gasteiger partial charge on any atom is 0.328 e. The molecule has 0 amide bonds. The lowest BCUT2D eigenvalue weighted by Gasteiger charge is -2.27. The highest BCUT2D eigenvalue weighted by Crippen LogP contribution is 2.38. The van der Waals surface area contributed by atoms with Crippen LogP contribution in [0.3, 0.4) is 0 Å². The number of carbonyl (C=O) groups is 1. The minimum atomic E-state index is -0.834. The normalized spacial score (nSPS) is 26.8. The molecule has 2 N–H and O–H groups in total. The second-order valence-electron chi connectivity index (χ2n) is 5.19. The molecule has 90 valence electrons. The molecular formula is C14H17NO2. The molecule has 2 aliphatic carbocycles.